The zero-order valence-electron chi connectivity index (χ0n) is 20.1. The number of nitrogens with zero attached hydrogens (tertiary/aromatic N) is 5. The van der Waals surface area contributed by atoms with Crippen molar-refractivity contribution < 1.29 is 9.18 Å². The molecular weight excluding hydrogens is 497 g/mol. The molecule has 2 fully saturated rings. The van der Waals surface area contributed by atoms with Crippen molar-refractivity contribution >= 4 is 57.4 Å². The molecule has 0 spiro atoms. The van der Waals surface area contributed by atoms with Gasteiger partial charge in [-0.05, 0) is 55.3 Å². The molecule has 2 aromatic heterocycles. The van der Waals surface area contributed by atoms with Crippen molar-refractivity contribution in [3.63, 3.8) is 0 Å². The van der Waals surface area contributed by atoms with Gasteiger partial charge in [0.1, 0.15) is 21.6 Å². The highest BCUT2D eigenvalue weighted by Crippen LogP contribution is 2.34. The largest absolute Gasteiger partial charge is 0.368 e. The fraction of sp³-hybridized carbons (Fsp3) is 0.308. The van der Waals surface area contributed by atoms with Crippen molar-refractivity contribution in [2.24, 2.45) is 0 Å². The quantitative estimate of drug-likeness (QED) is 0.369. The van der Waals surface area contributed by atoms with E-state index in [2.05, 4.69) is 9.80 Å². The minimum absolute atomic E-state index is 0.173. The van der Waals surface area contributed by atoms with Gasteiger partial charge in [-0.25, -0.2) is 9.37 Å². The lowest BCUT2D eigenvalue weighted by Gasteiger charge is -2.37. The van der Waals surface area contributed by atoms with E-state index < -0.39 is 0 Å². The monoisotopic (exact) mass is 523 g/mol. The number of piperazine rings is 1. The first-order valence-corrected chi connectivity index (χ1v) is 13.1. The number of halogens is 1. The van der Waals surface area contributed by atoms with Crippen molar-refractivity contribution in [2.75, 3.05) is 42.5 Å². The van der Waals surface area contributed by atoms with E-state index in [0.29, 0.717) is 59.0 Å². The maximum Gasteiger partial charge on any atom is 0.267 e. The fourth-order valence-corrected chi connectivity index (χ4v) is 5.83. The Hall–Kier alpha value is -3.24. The predicted molar refractivity (Wildman–Crippen MR) is 147 cm³/mol. The number of carbonyl (C=O) groups excluding carboxylic acids is 1. The summed E-state index contributed by atoms with van der Waals surface area (Å²) in [6.45, 7) is 7.11. The molecule has 36 heavy (non-hydrogen) atoms. The molecule has 10 heteroatoms. The summed E-state index contributed by atoms with van der Waals surface area (Å²) in [6.07, 6.45) is 4.15. The van der Waals surface area contributed by atoms with Crippen molar-refractivity contribution in [2.45, 2.75) is 20.3 Å². The first-order valence-electron chi connectivity index (χ1n) is 11.9. The third-order valence-electron chi connectivity index (χ3n) is 6.43. The lowest BCUT2D eigenvalue weighted by atomic mass is 10.2. The van der Waals surface area contributed by atoms with Gasteiger partial charge < -0.3 is 9.80 Å². The molecule has 7 nitrogen and oxygen atoms in total. The third kappa shape index (κ3) is 4.51. The number of thiocarbonyl (C=S) groups is 1. The van der Waals surface area contributed by atoms with Crippen molar-refractivity contribution in [3.8, 4) is 0 Å². The van der Waals surface area contributed by atoms with E-state index in [1.165, 1.54) is 28.3 Å². The van der Waals surface area contributed by atoms with Gasteiger partial charge in [0.15, 0.2) is 0 Å². The number of hydrogen-bond acceptors (Lipinski definition) is 7. The van der Waals surface area contributed by atoms with Gasteiger partial charge in [0.25, 0.3) is 11.5 Å². The second-order valence-corrected chi connectivity index (χ2v) is 10.5. The Kier molecular flexibility index (Phi) is 6.81. The first-order chi connectivity index (χ1) is 17.4. The van der Waals surface area contributed by atoms with E-state index in [1.54, 1.807) is 29.3 Å². The molecule has 1 aromatic carbocycles. The van der Waals surface area contributed by atoms with E-state index >= 15 is 0 Å². The molecule has 0 bridgehead atoms. The number of pyridine rings is 1. The molecule has 2 aliphatic heterocycles. The lowest BCUT2D eigenvalue weighted by molar-refractivity contribution is -0.122. The molecule has 4 heterocycles. The lowest BCUT2D eigenvalue weighted by Crippen LogP contribution is -2.47. The molecule has 0 saturated carbocycles. The summed E-state index contributed by atoms with van der Waals surface area (Å²) >= 11 is 6.64. The van der Waals surface area contributed by atoms with Gasteiger partial charge in [0, 0.05) is 44.6 Å². The highest BCUT2D eigenvalue weighted by molar-refractivity contribution is 8.26. The number of thioether (sulfide) groups is 1. The SMILES string of the molecule is CCCN1C(=O)/C(=C/c2c(N3CCN(c4ccc(F)cc4)CC3)nc3c(C)cccn3c2=O)SC1=S. The smallest absolute Gasteiger partial charge is 0.267 e. The Morgan fingerprint density at radius 2 is 1.78 bits per heavy atom. The van der Waals surface area contributed by atoms with E-state index in [1.807, 2.05) is 26.0 Å². The second-order valence-electron chi connectivity index (χ2n) is 8.82. The van der Waals surface area contributed by atoms with E-state index in [9.17, 15) is 14.0 Å². The molecule has 3 aromatic rings. The number of aryl methyl sites for hydroxylation is 1. The van der Waals surface area contributed by atoms with Gasteiger partial charge in [-0.3, -0.25) is 18.9 Å². The molecule has 0 unspecified atom stereocenters. The Bertz CT molecular complexity index is 1430. The fourth-order valence-electron chi connectivity index (χ4n) is 4.54. The molecule has 186 valence electrons. The molecule has 0 atom stereocenters. The van der Waals surface area contributed by atoms with Crippen LogP contribution in [-0.2, 0) is 4.79 Å². The van der Waals surface area contributed by atoms with Gasteiger partial charge >= 0.3 is 0 Å². The van der Waals surface area contributed by atoms with Crippen LogP contribution in [0, 0.1) is 12.7 Å². The van der Waals surface area contributed by atoms with Crippen LogP contribution in [0.4, 0.5) is 15.9 Å². The van der Waals surface area contributed by atoms with Crippen LogP contribution >= 0.6 is 24.0 Å². The molecular formula is C26H26FN5O2S2. The average Bonchev–Trinajstić information content (AvgIpc) is 3.14. The summed E-state index contributed by atoms with van der Waals surface area (Å²) in [6, 6.07) is 10.2. The van der Waals surface area contributed by atoms with Crippen LogP contribution in [0.2, 0.25) is 0 Å². The Balaban J connectivity index is 1.53. The van der Waals surface area contributed by atoms with Gasteiger partial charge in [0.2, 0.25) is 0 Å². The highest BCUT2D eigenvalue weighted by atomic mass is 32.2. The predicted octanol–water partition coefficient (Wildman–Crippen LogP) is 4.08. The Morgan fingerprint density at radius 1 is 1.08 bits per heavy atom. The van der Waals surface area contributed by atoms with E-state index in [0.717, 1.165) is 17.7 Å². The molecule has 0 radical (unpaired) electrons. The van der Waals surface area contributed by atoms with E-state index in [-0.39, 0.29) is 17.3 Å². The maximum absolute atomic E-state index is 13.7. The van der Waals surface area contributed by atoms with Crippen LogP contribution in [0.15, 0.2) is 52.3 Å². The molecule has 0 N–H and O–H groups in total. The van der Waals surface area contributed by atoms with Crippen molar-refractivity contribution in [1.82, 2.24) is 14.3 Å². The molecule has 2 aliphatic rings. The highest BCUT2D eigenvalue weighted by Gasteiger charge is 2.32. The van der Waals surface area contributed by atoms with Gasteiger partial charge in [0.05, 0.1) is 10.5 Å². The number of carbonyl (C=O) groups is 1. The summed E-state index contributed by atoms with van der Waals surface area (Å²) in [5.41, 5.74) is 2.60. The standard InChI is InChI=1S/C26H26FN5O2S2/c1-3-10-32-25(34)21(36-26(32)35)16-20-23(28-22-17(2)5-4-11-31(22)24(20)33)30-14-12-29(13-15-30)19-8-6-18(27)7-9-19/h4-9,11,16H,3,10,12-15H2,1-2H3/b21-16-. The molecule has 0 aliphatic carbocycles. The van der Waals surface area contributed by atoms with Crippen LogP contribution in [0.5, 0.6) is 0 Å². The zero-order chi connectivity index (χ0) is 25.4. The van der Waals surface area contributed by atoms with Crippen LogP contribution in [0.1, 0.15) is 24.5 Å². The minimum Gasteiger partial charge on any atom is -0.368 e. The van der Waals surface area contributed by atoms with Crippen molar-refractivity contribution in [3.05, 3.63) is 74.8 Å². The topological polar surface area (TPSA) is 61.2 Å². The summed E-state index contributed by atoms with van der Waals surface area (Å²) in [7, 11) is 0. The number of hydrogen-bond donors (Lipinski definition) is 0. The number of rotatable bonds is 5. The number of benzene rings is 1. The van der Waals surface area contributed by atoms with Gasteiger partial charge in [-0.1, -0.05) is 37.0 Å². The number of amides is 1. The molecule has 2 saturated heterocycles. The summed E-state index contributed by atoms with van der Waals surface area (Å²) in [5, 5.41) is 0. The van der Waals surface area contributed by atoms with Gasteiger partial charge in [-0.2, -0.15) is 0 Å². The Morgan fingerprint density at radius 3 is 2.47 bits per heavy atom. The maximum atomic E-state index is 13.7. The minimum atomic E-state index is -0.261. The molecule has 1 amide bonds. The zero-order valence-corrected chi connectivity index (χ0v) is 21.7. The third-order valence-corrected chi connectivity index (χ3v) is 7.81. The normalized spacial score (nSPS) is 17.6. The Labute approximate surface area is 218 Å². The summed E-state index contributed by atoms with van der Waals surface area (Å²) in [4.78, 5) is 37.9. The number of fused-ring (bicyclic) bond motifs is 1. The summed E-state index contributed by atoms with van der Waals surface area (Å²) in [5.74, 6) is 0.129. The molecule has 5 rings (SSSR count). The van der Waals surface area contributed by atoms with Gasteiger partial charge in [-0.15, -0.1) is 0 Å². The second kappa shape index (κ2) is 10.0. The van der Waals surface area contributed by atoms with E-state index in [4.69, 9.17) is 17.2 Å². The number of aromatic nitrogens is 2. The average molecular weight is 524 g/mol. The first kappa shape index (κ1) is 24.5. The summed E-state index contributed by atoms with van der Waals surface area (Å²) < 4.78 is 15.4. The van der Waals surface area contributed by atoms with Crippen LogP contribution in [0.25, 0.3) is 11.7 Å². The van der Waals surface area contributed by atoms with Crippen LogP contribution < -0.4 is 15.4 Å². The van der Waals surface area contributed by atoms with Crippen LogP contribution in [0.3, 0.4) is 0 Å². The van der Waals surface area contributed by atoms with Crippen molar-refractivity contribution in [1.29, 1.82) is 0 Å². The van der Waals surface area contributed by atoms with Crippen LogP contribution in [-0.4, -0.2) is 57.2 Å². The number of anilines is 2.